The molecule has 0 bridgehead atoms. The van der Waals surface area contributed by atoms with Gasteiger partial charge < -0.3 is 19.6 Å². The summed E-state index contributed by atoms with van der Waals surface area (Å²) < 4.78 is 5.68. The number of ether oxygens (including phenoxy) is 1. The van der Waals surface area contributed by atoms with Crippen LogP contribution in [0.25, 0.3) is 0 Å². The van der Waals surface area contributed by atoms with Gasteiger partial charge in [0.2, 0.25) is 5.95 Å². The van der Waals surface area contributed by atoms with Gasteiger partial charge in [0.25, 0.3) is 0 Å². The number of aliphatic hydroxyl groups is 1. The summed E-state index contributed by atoms with van der Waals surface area (Å²) in [7, 11) is 0. The first-order chi connectivity index (χ1) is 11.7. The molecular weight excluding hydrogens is 304 g/mol. The van der Waals surface area contributed by atoms with Crippen molar-refractivity contribution in [1.29, 1.82) is 0 Å². The van der Waals surface area contributed by atoms with E-state index in [0.29, 0.717) is 12.5 Å². The van der Waals surface area contributed by atoms with Gasteiger partial charge in [-0.2, -0.15) is 4.98 Å². The molecule has 3 aliphatic rings. The fourth-order valence-electron chi connectivity index (χ4n) is 4.43. The predicted octanol–water partition coefficient (Wildman–Crippen LogP) is 1.61. The summed E-state index contributed by atoms with van der Waals surface area (Å²) in [6, 6.07) is 2.08. The summed E-state index contributed by atoms with van der Waals surface area (Å²) in [5, 5.41) is 9.98. The fraction of sp³-hybridized carbons (Fsp3) is 0.778. The molecule has 2 atom stereocenters. The number of fused-ring (bicyclic) bond motifs is 1. The summed E-state index contributed by atoms with van der Waals surface area (Å²) in [5.74, 6) is 2.36. The Hall–Kier alpha value is -1.40. The number of aromatic nitrogens is 2. The van der Waals surface area contributed by atoms with Gasteiger partial charge in [-0.15, -0.1) is 0 Å². The van der Waals surface area contributed by atoms with E-state index >= 15 is 0 Å². The molecule has 6 heteroatoms. The lowest BCUT2D eigenvalue weighted by Crippen LogP contribution is -2.43. The molecule has 3 fully saturated rings. The number of rotatable bonds is 3. The minimum atomic E-state index is -0.123. The molecule has 4 heterocycles. The van der Waals surface area contributed by atoms with Crippen LogP contribution >= 0.6 is 0 Å². The van der Waals surface area contributed by atoms with Crippen LogP contribution in [-0.4, -0.2) is 61.1 Å². The third-order valence-corrected chi connectivity index (χ3v) is 5.92. The van der Waals surface area contributed by atoms with E-state index in [4.69, 9.17) is 9.72 Å². The molecule has 0 spiro atoms. The smallest absolute Gasteiger partial charge is 0.227 e. The molecule has 6 nitrogen and oxygen atoms in total. The largest absolute Gasteiger partial charge is 0.396 e. The number of hydrogen-bond acceptors (Lipinski definition) is 6. The van der Waals surface area contributed by atoms with Gasteiger partial charge in [0, 0.05) is 50.0 Å². The summed E-state index contributed by atoms with van der Waals surface area (Å²) in [4.78, 5) is 14.2. The van der Waals surface area contributed by atoms with Crippen molar-refractivity contribution in [2.45, 2.75) is 32.6 Å². The molecule has 1 aromatic heterocycles. The van der Waals surface area contributed by atoms with Crippen LogP contribution in [0.3, 0.4) is 0 Å². The van der Waals surface area contributed by atoms with Gasteiger partial charge in [-0.3, -0.25) is 0 Å². The first-order valence-corrected chi connectivity index (χ1v) is 9.24. The van der Waals surface area contributed by atoms with Crippen LogP contribution in [0.4, 0.5) is 11.8 Å². The topological polar surface area (TPSA) is 61.7 Å². The van der Waals surface area contributed by atoms with Crippen LogP contribution in [0.1, 0.15) is 31.4 Å². The standard InChI is InChI=1S/C18H28N4O2/c1-14-9-16(20-17(19-14)21-6-3-2-4-7-21)22-10-15-5-8-24-13-18(15,11-22)12-23/h9,15,23H,2-8,10-13H2,1H3/t15-,18+/m0/s1. The maximum atomic E-state index is 9.98. The van der Waals surface area contributed by atoms with Crippen LogP contribution in [0.15, 0.2) is 6.07 Å². The molecule has 0 amide bonds. The SMILES string of the molecule is Cc1cc(N2C[C@@H]3CCOC[C@]3(CO)C2)nc(N2CCCCC2)n1. The maximum Gasteiger partial charge on any atom is 0.227 e. The molecule has 0 radical (unpaired) electrons. The summed E-state index contributed by atoms with van der Waals surface area (Å²) in [5.41, 5.74) is 0.896. The Bertz CT molecular complexity index is 590. The Labute approximate surface area is 143 Å². The van der Waals surface area contributed by atoms with Crippen molar-refractivity contribution in [3.8, 4) is 0 Å². The highest BCUT2D eigenvalue weighted by molar-refractivity contribution is 5.47. The zero-order valence-corrected chi connectivity index (χ0v) is 14.6. The van der Waals surface area contributed by atoms with Gasteiger partial charge in [-0.05, 0) is 38.5 Å². The van der Waals surface area contributed by atoms with Crippen LogP contribution in [0.2, 0.25) is 0 Å². The van der Waals surface area contributed by atoms with E-state index in [1.54, 1.807) is 0 Å². The number of piperidine rings is 1. The molecule has 24 heavy (non-hydrogen) atoms. The van der Waals surface area contributed by atoms with E-state index in [1.165, 1.54) is 19.3 Å². The van der Waals surface area contributed by atoms with Crippen LogP contribution in [0, 0.1) is 18.3 Å². The Kier molecular flexibility index (Phi) is 4.35. The van der Waals surface area contributed by atoms with Gasteiger partial charge in [-0.25, -0.2) is 4.98 Å². The minimum Gasteiger partial charge on any atom is -0.396 e. The summed E-state index contributed by atoms with van der Waals surface area (Å²) in [6.07, 6.45) is 4.79. The molecule has 0 aliphatic carbocycles. The number of anilines is 2. The molecule has 0 unspecified atom stereocenters. The third-order valence-electron chi connectivity index (χ3n) is 5.92. The molecule has 132 valence electrons. The number of aryl methyl sites for hydroxylation is 1. The average Bonchev–Trinajstić information content (AvgIpc) is 3.02. The van der Waals surface area contributed by atoms with E-state index in [-0.39, 0.29) is 12.0 Å². The monoisotopic (exact) mass is 332 g/mol. The van der Waals surface area contributed by atoms with E-state index in [9.17, 15) is 5.11 Å². The van der Waals surface area contributed by atoms with E-state index in [1.807, 2.05) is 6.92 Å². The molecule has 1 aromatic rings. The average molecular weight is 332 g/mol. The van der Waals surface area contributed by atoms with Crippen molar-refractivity contribution in [2.24, 2.45) is 11.3 Å². The van der Waals surface area contributed by atoms with Gasteiger partial charge >= 0.3 is 0 Å². The second kappa shape index (κ2) is 6.48. The summed E-state index contributed by atoms with van der Waals surface area (Å²) in [6.45, 7) is 7.60. The zero-order valence-electron chi connectivity index (χ0n) is 14.6. The van der Waals surface area contributed by atoms with E-state index in [0.717, 1.165) is 56.7 Å². The number of nitrogens with zero attached hydrogens (tertiary/aromatic N) is 4. The van der Waals surface area contributed by atoms with Crippen molar-refractivity contribution < 1.29 is 9.84 Å². The van der Waals surface area contributed by atoms with E-state index < -0.39 is 0 Å². The first kappa shape index (κ1) is 16.1. The van der Waals surface area contributed by atoms with Gasteiger partial charge in [0.1, 0.15) is 5.82 Å². The molecule has 3 saturated heterocycles. The Morgan fingerprint density at radius 2 is 2.08 bits per heavy atom. The third kappa shape index (κ3) is 2.86. The lowest BCUT2D eigenvalue weighted by atomic mass is 9.76. The lowest BCUT2D eigenvalue weighted by Gasteiger charge is -2.36. The van der Waals surface area contributed by atoms with Crippen LogP contribution in [0.5, 0.6) is 0 Å². The molecule has 0 saturated carbocycles. The van der Waals surface area contributed by atoms with Crippen molar-refractivity contribution in [2.75, 3.05) is 55.8 Å². The van der Waals surface area contributed by atoms with E-state index in [2.05, 4.69) is 20.9 Å². The lowest BCUT2D eigenvalue weighted by molar-refractivity contribution is -0.0543. The van der Waals surface area contributed by atoms with Crippen molar-refractivity contribution in [3.05, 3.63) is 11.8 Å². The molecule has 4 rings (SSSR count). The Morgan fingerprint density at radius 1 is 1.25 bits per heavy atom. The van der Waals surface area contributed by atoms with Crippen LogP contribution in [-0.2, 0) is 4.74 Å². The first-order valence-electron chi connectivity index (χ1n) is 9.24. The minimum absolute atomic E-state index is 0.123. The second-order valence-electron chi connectivity index (χ2n) is 7.65. The van der Waals surface area contributed by atoms with Crippen molar-refractivity contribution >= 4 is 11.8 Å². The van der Waals surface area contributed by atoms with Gasteiger partial charge in [-0.1, -0.05) is 0 Å². The highest BCUT2D eigenvalue weighted by Crippen LogP contribution is 2.42. The van der Waals surface area contributed by atoms with Crippen LogP contribution < -0.4 is 9.80 Å². The van der Waals surface area contributed by atoms with Crippen molar-refractivity contribution in [3.63, 3.8) is 0 Å². The molecule has 0 aromatic carbocycles. The van der Waals surface area contributed by atoms with Gasteiger partial charge in [0.15, 0.2) is 0 Å². The molecule has 3 aliphatic heterocycles. The molecule has 1 N–H and O–H groups in total. The number of aliphatic hydroxyl groups excluding tert-OH is 1. The highest BCUT2D eigenvalue weighted by Gasteiger charge is 2.48. The maximum absolute atomic E-state index is 9.98. The fourth-order valence-corrected chi connectivity index (χ4v) is 4.43. The second-order valence-corrected chi connectivity index (χ2v) is 7.65. The Morgan fingerprint density at radius 3 is 2.83 bits per heavy atom. The summed E-state index contributed by atoms with van der Waals surface area (Å²) >= 11 is 0. The number of hydrogen-bond donors (Lipinski definition) is 1. The predicted molar refractivity (Wildman–Crippen MR) is 93.5 cm³/mol. The zero-order chi connectivity index (χ0) is 16.6. The highest BCUT2D eigenvalue weighted by atomic mass is 16.5. The van der Waals surface area contributed by atoms with Crippen molar-refractivity contribution in [1.82, 2.24) is 9.97 Å². The molecular formula is C18H28N4O2. The normalized spacial score (nSPS) is 30.5. The Balaban J connectivity index is 1.59. The quantitative estimate of drug-likeness (QED) is 0.907. The van der Waals surface area contributed by atoms with Gasteiger partial charge in [0.05, 0.1) is 13.2 Å².